The minimum Gasteiger partial charge on any atom is -0.385 e. The molecule has 17 heavy (non-hydrogen) atoms. The Hall–Kier alpha value is -1.20. The zero-order chi connectivity index (χ0) is 12.6. The minimum atomic E-state index is -0.615. The largest absolute Gasteiger partial charge is 0.385 e. The third-order valence-electron chi connectivity index (χ3n) is 2.68. The number of aromatic nitrogens is 3. The van der Waals surface area contributed by atoms with Crippen LogP contribution in [0.4, 0.5) is 0 Å². The van der Waals surface area contributed by atoms with Crippen LogP contribution in [-0.4, -0.2) is 19.6 Å². The number of halogens is 1. The molecule has 1 N–H and O–H groups in total. The maximum atomic E-state index is 9.78. The van der Waals surface area contributed by atoms with Gasteiger partial charge in [-0.2, -0.15) is 0 Å². The lowest BCUT2D eigenvalue weighted by atomic mass is 10.3. The van der Waals surface area contributed by atoms with Gasteiger partial charge in [-0.3, -0.25) is 4.57 Å². The number of imidazole rings is 1. The summed E-state index contributed by atoms with van der Waals surface area (Å²) in [5, 5.41) is 9.78. The third-order valence-corrected chi connectivity index (χ3v) is 3.11. The lowest BCUT2D eigenvalue weighted by Crippen LogP contribution is -2.04. The average molecular weight is 296 g/mol. The molecule has 0 amide bonds. The van der Waals surface area contributed by atoms with Gasteiger partial charge >= 0.3 is 0 Å². The van der Waals surface area contributed by atoms with E-state index in [1.54, 1.807) is 13.1 Å². The number of allylic oxidation sites excluding steroid dienone is 2. The second kappa shape index (κ2) is 4.58. The Bertz CT molecular complexity index is 587. The van der Waals surface area contributed by atoms with Crippen LogP contribution in [0.1, 0.15) is 32.7 Å². The van der Waals surface area contributed by atoms with Crippen molar-refractivity contribution in [3.05, 3.63) is 28.8 Å². The van der Waals surface area contributed by atoms with Gasteiger partial charge in [-0.15, -0.1) is 0 Å². The van der Waals surface area contributed by atoms with Crippen molar-refractivity contribution in [3.63, 3.8) is 0 Å². The van der Waals surface area contributed by atoms with Crippen molar-refractivity contribution in [2.45, 2.75) is 26.9 Å². The van der Waals surface area contributed by atoms with Crippen LogP contribution in [0.2, 0.25) is 0 Å². The van der Waals surface area contributed by atoms with Crippen LogP contribution in [0.3, 0.4) is 0 Å². The lowest BCUT2D eigenvalue weighted by molar-refractivity contribution is 0.188. The van der Waals surface area contributed by atoms with Crippen LogP contribution in [0.5, 0.6) is 0 Å². The zero-order valence-corrected chi connectivity index (χ0v) is 11.6. The van der Waals surface area contributed by atoms with Crippen molar-refractivity contribution in [3.8, 4) is 0 Å². The van der Waals surface area contributed by atoms with Crippen LogP contribution in [0.15, 0.2) is 22.9 Å². The zero-order valence-electron chi connectivity index (χ0n) is 9.98. The quantitative estimate of drug-likeness (QED) is 0.866. The summed E-state index contributed by atoms with van der Waals surface area (Å²) in [6.07, 6.45) is 3.07. The molecular weight excluding hydrogens is 282 g/mol. The number of aliphatic hydroxyl groups is 1. The molecule has 5 heteroatoms. The van der Waals surface area contributed by atoms with E-state index < -0.39 is 6.10 Å². The molecule has 0 saturated heterocycles. The summed E-state index contributed by atoms with van der Waals surface area (Å²) < 4.78 is 2.71. The summed E-state index contributed by atoms with van der Waals surface area (Å²) in [4.78, 5) is 8.56. The Balaban J connectivity index is 2.82. The highest BCUT2D eigenvalue weighted by Crippen LogP contribution is 2.25. The first kappa shape index (κ1) is 12.3. The molecule has 2 aromatic heterocycles. The van der Waals surface area contributed by atoms with Crippen LogP contribution >= 0.6 is 15.9 Å². The van der Waals surface area contributed by atoms with Crippen molar-refractivity contribution >= 4 is 32.7 Å². The lowest BCUT2D eigenvalue weighted by Gasteiger charge is -2.10. The summed E-state index contributed by atoms with van der Waals surface area (Å²) in [7, 11) is 0. The number of fused-ring (bicyclic) bond motifs is 1. The molecule has 0 bridgehead atoms. The van der Waals surface area contributed by atoms with Gasteiger partial charge in [-0.25, -0.2) is 9.97 Å². The molecule has 90 valence electrons. The van der Waals surface area contributed by atoms with Crippen molar-refractivity contribution < 1.29 is 5.11 Å². The van der Waals surface area contributed by atoms with E-state index in [0.717, 1.165) is 21.3 Å². The van der Waals surface area contributed by atoms with Crippen molar-refractivity contribution in [1.29, 1.82) is 0 Å². The van der Waals surface area contributed by atoms with Gasteiger partial charge < -0.3 is 5.11 Å². The number of pyridine rings is 1. The molecule has 1 atom stereocenters. The van der Waals surface area contributed by atoms with Crippen LogP contribution < -0.4 is 0 Å². The van der Waals surface area contributed by atoms with Crippen molar-refractivity contribution in [1.82, 2.24) is 14.5 Å². The number of rotatable bonds is 2. The van der Waals surface area contributed by atoms with Gasteiger partial charge in [0.05, 0.1) is 11.7 Å². The second-order valence-corrected chi connectivity index (χ2v) is 4.72. The smallest absolute Gasteiger partial charge is 0.142 e. The Morgan fingerprint density at radius 2 is 2.29 bits per heavy atom. The molecule has 0 aliphatic heterocycles. The molecule has 2 heterocycles. The van der Waals surface area contributed by atoms with E-state index in [-0.39, 0.29) is 0 Å². The molecule has 4 nitrogen and oxygen atoms in total. The van der Waals surface area contributed by atoms with E-state index in [4.69, 9.17) is 0 Å². The van der Waals surface area contributed by atoms with Crippen molar-refractivity contribution in [2.75, 3.05) is 0 Å². The topological polar surface area (TPSA) is 50.9 Å². The number of aliphatic hydroxyl groups excluding tert-OH is 1. The molecule has 0 aliphatic rings. The van der Waals surface area contributed by atoms with Gasteiger partial charge in [0.1, 0.15) is 22.0 Å². The minimum absolute atomic E-state index is 0.615. The normalized spacial score (nSPS) is 14.3. The Morgan fingerprint density at radius 1 is 1.59 bits per heavy atom. The maximum Gasteiger partial charge on any atom is 0.142 e. The standard InChI is InChI=1S/C12H14BrN3O/c1-4-7(2)16-10-5-11(13)14-6-9(10)15-12(16)8(3)17/h4-6,8,17H,1-3H3. The molecule has 0 radical (unpaired) electrons. The van der Waals surface area contributed by atoms with Gasteiger partial charge in [-0.1, -0.05) is 6.08 Å². The van der Waals surface area contributed by atoms with Gasteiger partial charge in [0.25, 0.3) is 0 Å². The molecule has 2 aromatic rings. The van der Waals surface area contributed by atoms with Crippen LogP contribution in [-0.2, 0) is 0 Å². The molecule has 0 spiro atoms. The summed E-state index contributed by atoms with van der Waals surface area (Å²) in [5.74, 6) is 0.635. The first-order chi connectivity index (χ1) is 8.04. The van der Waals surface area contributed by atoms with E-state index in [1.165, 1.54) is 0 Å². The van der Waals surface area contributed by atoms with Gasteiger partial charge in [-0.05, 0) is 42.8 Å². The highest BCUT2D eigenvalue weighted by molar-refractivity contribution is 9.10. The molecule has 0 saturated carbocycles. The van der Waals surface area contributed by atoms with E-state index in [2.05, 4.69) is 25.9 Å². The van der Waals surface area contributed by atoms with Crippen LogP contribution in [0, 0.1) is 0 Å². The fourth-order valence-electron chi connectivity index (χ4n) is 1.76. The highest BCUT2D eigenvalue weighted by Gasteiger charge is 2.16. The molecule has 0 fully saturated rings. The van der Waals surface area contributed by atoms with E-state index in [9.17, 15) is 5.11 Å². The fourth-order valence-corrected chi connectivity index (χ4v) is 2.07. The van der Waals surface area contributed by atoms with Crippen LogP contribution in [0.25, 0.3) is 16.7 Å². The van der Waals surface area contributed by atoms with E-state index >= 15 is 0 Å². The molecule has 0 aliphatic carbocycles. The van der Waals surface area contributed by atoms with Gasteiger partial charge in [0, 0.05) is 5.70 Å². The monoisotopic (exact) mass is 295 g/mol. The Kier molecular flexibility index (Phi) is 3.31. The summed E-state index contributed by atoms with van der Waals surface area (Å²) >= 11 is 3.35. The van der Waals surface area contributed by atoms with Crippen molar-refractivity contribution in [2.24, 2.45) is 0 Å². The fraction of sp³-hybridized carbons (Fsp3) is 0.333. The van der Waals surface area contributed by atoms with E-state index in [0.29, 0.717) is 5.82 Å². The molecular formula is C12H14BrN3O. The van der Waals surface area contributed by atoms with Gasteiger partial charge in [0.2, 0.25) is 0 Å². The number of hydrogen-bond donors (Lipinski definition) is 1. The highest BCUT2D eigenvalue weighted by atomic mass is 79.9. The molecule has 2 rings (SSSR count). The second-order valence-electron chi connectivity index (χ2n) is 3.91. The third kappa shape index (κ3) is 2.12. The number of nitrogens with zero attached hydrogens (tertiary/aromatic N) is 3. The molecule has 0 aromatic carbocycles. The van der Waals surface area contributed by atoms with E-state index in [1.807, 2.05) is 30.6 Å². The summed E-state index contributed by atoms with van der Waals surface area (Å²) in [6, 6.07) is 1.90. The van der Waals surface area contributed by atoms with Gasteiger partial charge in [0.15, 0.2) is 0 Å². The maximum absolute atomic E-state index is 9.78. The summed E-state index contributed by atoms with van der Waals surface area (Å²) in [5.41, 5.74) is 2.75. The first-order valence-electron chi connectivity index (χ1n) is 5.40. The average Bonchev–Trinajstić information content (AvgIpc) is 2.66. The number of hydrogen-bond acceptors (Lipinski definition) is 3. The Labute approximate surface area is 108 Å². The molecule has 1 unspecified atom stereocenters. The first-order valence-corrected chi connectivity index (χ1v) is 6.19. The summed E-state index contributed by atoms with van der Waals surface area (Å²) in [6.45, 7) is 5.66. The SMILES string of the molecule is CC=C(C)n1c(C(C)O)nc2cnc(Br)cc21. The Morgan fingerprint density at radius 3 is 2.88 bits per heavy atom. The predicted molar refractivity (Wildman–Crippen MR) is 71.5 cm³/mol. The predicted octanol–water partition coefficient (Wildman–Crippen LogP) is 3.13.